The number of carboxylic acids is 2. The van der Waals surface area contributed by atoms with Gasteiger partial charge in [0.15, 0.2) is 23.0 Å². The van der Waals surface area contributed by atoms with Gasteiger partial charge in [0.2, 0.25) is 23.6 Å². The highest BCUT2D eigenvalue weighted by Crippen LogP contribution is 2.34. The second kappa shape index (κ2) is 41.2. The molecule has 0 radical (unpaired) electrons. The smallest absolute Gasteiger partial charge is 0.328 e. The van der Waals surface area contributed by atoms with Gasteiger partial charge in [-0.2, -0.15) is 0 Å². The van der Waals surface area contributed by atoms with Crippen molar-refractivity contribution in [3.8, 4) is 23.0 Å². The molecule has 0 aliphatic rings. The van der Waals surface area contributed by atoms with Crippen LogP contribution in [-0.2, 0) is 51.1 Å². The fourth-order valence-corrected chi connectivity index (χ4v) is 8.75. The van der Waals surface area contributed by atoms with Gasteiger partial charge in [0.1, 0.15) is 0 Å². The van der Waals surface area contributed by atoms with Crippen LogP contribution in [-0.4, -0.2) is 148 Å². The average molecular weight is 1230 g/mol. The number of rotatable bonds is 40. The zero-order chi connectivity index (χ0) is 76.1. The maximum atomic E-state index is 13.2. The van der Waals surface area contributed by atoms with Gasteiger partial charge >= 0.3 is 11.9 Å². The minimum atomic E-state index is -3.31. The first-order valence-electron chi connectivity index (χ1n) is 34.8. The largest absolute Gasteiger partial charge is 0.493 e. The second-order valence-electron chi connectivity index (χ2n) is 22.9. The summed E-state index contributed by atoms with van der Waals surface area (Å²) in [5.41, 5.74) is 19.6. The van der Waals surface area contributed by atoms with Crippen molar-refractivity contribution in [2.24, 2.45) is 81.1 Å². The number of carbonyl (C=O) groups is 6. The molecule has 4 amide bonds. The number of methoxy groups -OCH3 is 4. The molecule has 0 unspecified atom stereocenters. The van der Waals surface area contributed by atoms with Crippen molar-refractivity contribution >= 4 is 35.6 Å². The van der Waals surface area contributed by atoms with Crippen LogP contribution in [0.3, 0.4) is 0 Å². The second-order valence-corrected chi connectivity index (χ2v) is 22.9. The predicted molar refractivity (Wildman–Crippen MR) is 333 cm³/mol. The Morgan fingerprint density at radius 2 is 0.872 bits per heavy atom. The molecule has 492 valence electrons. The number of hydrogen-bond donors (Lipinski definition) is 10. The summed E-state index contributed by atoms with van der Waals surface area (Å²) in [7, 11) is 6.42. The maximum absolute atomic E-state index is 13.2. The van der Waals surface area contributed by atoms with Gasteiger partial charge in [0, 0.05) is 106 Å². The van der Waals surface area contributed by atoms with Gasteiger partial charge < -0.3 is 82.4 Å². The number of carboxylic acid groups (broad SMARTS) is 2. The van der Waals surface area contributed by atoms with Crippen LogP contribution >= 0.6 is 0 Å². The molecule has 2 rings (SSSR count). The number of ether oxygens (including phenoxy) is 6. The molecule has 2 aromatic rings. The number of amides is 4. The molecule has 14 N–H and O–H groups in total. The Balaban J connectivity index is 0.00000172. The fraction of sp³-hybridized carbons (Fsp3) is 0.688. The number of hydrogen-bond acceptors (Lipinski definition) is 16. The minimum Gasteiger partial charge on any atom is -0.493 e. The molecule has 0 aromatic heterocycles. The summed E-state index contributed by atoms with van der Waals surface area (Å²) in [4.78, 5) is 69.9. The summed E-state index contributed by atoms with van der Waals surface area (Å²) in [6.07, 6.45) is 2.49. The Morgan fingerprint density at radius 3 is 1.13 bits per heavy atom. The lowest BCUT2D eigenvalue weighted by Crippen LogP contribution is -2.46. The zero-order valence-corrected chi connectivity index (χ0v) is 52.4. The van der Waals surface area contributed by atoms with Crippen LogP contribution in [0.15, 0.2) is 48.6 Å². The number of nitrogens with one attached hydrogen (secondary N) is 2. The van der Waals surface area contributed by atoms with Crippen LogP contribution in [0, 0.1) is 58.2 Å². The molecular formula is C64H110N6O16. The summed E-state index contributed by atoms with van der Waals surface area (Å²) in [5, 5.41) is 42.5. The Hall–Kier alpha value is -6.04. The molecule has 0 saturated heterocycles. The number of primary amides is 2. The Labute approximate surface area is 529 Å². The molecule has 0 fully saturated rings. The highest BCUT2D eigenvalue weighted by atomic mass is 16.5. The maximum Gasteiger partial charge on any atom is 0.328 e. The van der Waals surface area contributed by atoms with Crippen LogP contribution in [0.4, 0.5) is 0 Å². The molecular weight excluding hydrogens is 1110 g/mol. The average Bonchev–Trinajstić information content (AvgIpc) is 0.755. The van der Waals surface area contributed by atoms with E-state index in [0.29, 0.717) is 87.3 Å². The quantitative estimate of drug-likeness (QED) is 0.0258. The molecule has 0 bridgehead atoms. The first-order chi connectivity index (χ1) is 45.1. The molecule has 0 saturated carbocycles. The Morgan fingerprint density at radius 1 is 0.535 bits per heavy atom. The van der Waals surface area contributed by atoms with Crippen LogP contribution in [0.25, 0.3) is 0 Å². The van der Waals surface area contributed by atoms with Crippen LogP contribution in [0.2, 0.25) is 0 Å². The molecule has 86 heavy (non-hydrogen) atoms. The molecule has 0 spiro atoms. The lowest BCUT2D eigenvalue weighted by Gasteiger charge is -2.30. The van der Waals surface area contributed by atoms with E-state index in [1.165, 1.54) is 0 Å². The van der Waals surface area contributed by atoms with Crippen LogP contribution in [0.5, 0.6) is 23.0 Å². The van der Waals surface area contributed by atoms with Gasteiger partial charge in [-0.05, 0) is 137 Å². The van der Waals surface area contributed by atoms with Crippen molar-refractivity contribution in [1.29, 1.82) is 0 Å². The molecule has 22 nitrogen and oxygen atoms in total. The normalized spacial score (nSPS) is 17.2. The Bertz CT molecular complexity index is 2590. The van der Waals surface area contributed by atoms with E-state index in [-0.39, 0.29) is 48.3 Å². The van der Waals surface area contributed by atoms with Crippen molar-refractivity contribution in [2.75, 3.05) is 68.0 Å². The van der Waals surface area contributed by atoms with Gasteiger partial charge in [0.25, 0.3) is 0 Å². The van der Waals surface area contributed by atoms with E-state index < -0.39 is 123 Å². The SMILES string of the molecule is O=C(O)/C=C/C(=O)O.[2H]C([2H])([2H])C(CNC(=O)[C@@H](C[C@H](O)[C@@H](N)C[C@@H](Cc1ccc(OC)c(OCCCOC)c1)C(C)C)C(C)C)(C(N)=O)C([2H])([2H])[2H].[2H]C([2H])([2H])C(CNC(=O)[C@@H](C[C@H](O)[C@@H](N)C[C@@H](Cc1ccc(OC)c(OCCCOC)c1)C(C)C)C(C)C)(C(N)=O)C([2H])([2H])[2H]. The first kappa shape index (κ1) is 60.3. The number of aliphatic carboxylic acids is 2. The third-order valence-corrected chi connectivity index (χ3v) is 14.5. The fourth-order valence-electron chi connectivity index (χ4n) is 8.75. The van der Waals surface area contributed by atoms with Crippen molar-refractivity contribution in [3.63, 3.8) is 0 Å². The van der Waals surface area contributed by atoms with Gasteiger partial charge in [-0.15, -0.1) is 0 Å². The third kappa shape index (κ3) is 31.6. The molecule has 0 aliphatic carbocycles. The van der Waals surface area contributed by atoms with E-state index >= 15 is 0 Å². The summed E-state index contributed by atoms with van der Waals surface area (Å²) in [6.45, 7) is 2.12. The van der Waals surface area contributed by atoms with E-state index in [2.05, 4.69) is 38.3 Å². The molecule has 22 heteroatoms. The van der Waals surface area contributed by atoms with Crippen molar-refractivity contribution in [3.05, 3.63) is 59.7 Å². The lowest BCUT2D eigenvalue weighted by atomic mass is 9.80. The van der Waals surface area contributed by atoms with E-state index in [1.807, 2.05) is 36.4 Å². The highest BCUT2D eigenvalue weighted by molar-refractivity contribution is 5.89. The van der Waals surface area contributed by atoms with Crippen LogP contribution < -0.4 is 52.5 Å². The summed E-state index contributed by atoms with van der Waals surface area (Å²) < 4.78 is 126. The van der Waals surface area contributed by atoms with E-state index in [4.69, 9.17) is 78.0 Å². The Kier molecular flexibility index (Phi) is 28.8. The zero-order valence-electron chi connectivity index (χ0n) is 64.4. The van der Waals surface area contributed by atoms with E-state index in [1.54, 1.807) is 56.1 Å². The topological polar surface area (TPSA) is 367 Å². The van der Waals surface area contributed by atoms with Crippen molar-refractivity contribution in [1.82, 2.24) is 10.6 Å². The number of carbonyl (C=O) groups excluding carboxylic acids is 4. The van der Waals surface area contributed by atoms with Crippen molar-refractivity contribution < 1.29 is 94.1 Å². The van der Waals surface area contributed by atoms with E-state index in [0.717, 1.165) is 24.0 Å². The summed E-state index contributed by atoms with van der Waals surface area (Å²) in [6, 6.07) is 10.1. The highest BCUT2D eigenvalue weighted by Gasteiger charge is 2.34. The van der Waals surface area contributed by atoms with Gasteiger partial charge in [-0.25, -0.2) is 9.59 Å². The monoisotopic (exact) mass is 1230 g/mol. The standard InChI is InChI=1S/2C30H53N3O6.C4H4O4/c2*1-19(2)22(14-21-10-11-26(38-8)27(15-21)39-13-9-12-37-7)16-24(31)25(34)17-23(20(3)4)28(35)33-18-30(5,6)29(32)36;5-3(6)1-2-4(7)8/h2*10-11,15,19-20,22-25,34H,9,12-14,16-18,31H2,1-8H3,(H2,32,36)(H,33,35);1-2H,(H,5,6)(H,7,8)/b;;2-1+/t2*22-,23+,24+,25+;/m11./s1/i2*5D3,6D3;. The number of aliphatic hydroxyl groups is 2. The summed E-state index contributed by atoms with van der Waals surface area (Å²) in [5.74, 6) is -6.32. The van der Waals surface area contributed by atoms with Gasteiger partial charge in [-0.3, -0.25) is 19.2 Å². The molecule has 8 atom stereocenters. The molecule has 0 heterocycles. The minimum absolute atomic E-state index is 0.0530. The molecule has 0 aliphatic heterocycles. The van der Waals surface area contributed by atoms with Gasteiger partial charge in [0.05, 0.1) is 50.5 Å². The lowest BCUT2D eigenvalue weighted by molar-refractivity contribution is -0.134. The number of benzene rings is 2. The van der Waals surface area contributed by atoms with E-state index in [9.17, 15) is 39.0 Å². The number of nitrogens with two attached hydrogens (primary N) is 4. The van der Waals surface area contributed by atoms with Gasteiger partial charge in [-0.1, -0.05) is 67.5 Å². The molecule has 2 aromatic carbocycles. The van der Waals surface area contributed by atoms with Crippen LogP contribution in [0.1, 0.15) is 149 Å². The predicted octanol–water partition coefficient (Wildman–Crippen LogP) is 6.30. The third-order valence-electron chi connectivity index (χ3n) is 14.5. The number of aliphatic hydroxyl groups excluding tert-OH is 2. The first-order valence-corrected chi connectivity index (χ1v) is 28.8. The van der Waals surface area contributed by atoms with Crippen molar-refractivity contribution in [2.45, 2.75) is 158 Å². The summed E-state index contributed by atoms with van der Waals surface area (Å²) >= 11 is 0.